The van der Waals surface area contributed by atoms with E-state index in [1.54, 1.807) is 18.1 Å². The summed E-state index contributed by atoms with van der Waals surface area (Å²) in [6, 6.07) is 5.92. The van der Waals surface area contributed by atoms with Crippen LogP contribution in [0, 0.1) is 5.92 Å². The highest BCUT2D eigenvalue weighted by molar-refractivity contribution is 5.74. The summed E-state index contributed by atoms with van der Waals surface area (Å²) in [5, 5.41) is 3.03. The largest absolute Gasteiger partial charge is 0.336 e. The normalized spacial score (nSPS) is 12.2. The lowest BCUT2D eigenvalue weighted by molar-refractivity contribution is 0.202. The van der Waals surface area contributed by atoms with Crippen molar-refractivity contribution in [2.75, 3.05) is 7.05 Å². The maximum Gasteiger partial charge on any atom is 0.317 e. The molecule has 0 bridgehead atoms. The quantitative estimate of drug-likeness (QED) is 0.830. The van der Waals surface area contributed by atoms with E-state index in [2.05, 4.69) is 31.1 Å². The van der Waals surface area contributed by atoms with Crippen LogP contribution in [-0.4, -0.2) is 29.0 Å². The predicted molar refractivity (Wildman–Crippen MR) is 82.4 cm³/mol. The van der Waals surface area contributed by atoms with Gasteiger partial charge in [-0.05, 0) is 31.4 Å². The first kappa shape index (κ1) is 16.5. The van der Waals surface area contributed by atoms with Gasteiger partial charge in [0, 0.05) is 19.3 Å². The van der Waals surface area contributed by atoms with Crippen LogP contribution in [0.4, 0.5) is 4.79 Å². The van der Waals surface area contributed by atoms with Gasteiger partial charge in [-0.1, -0.05) is 32.8 Å². The number of pyridine rings is 1. The maximum atomic E-state index is 12.0. The summed E-state index contributed by atoms with van der Waals surface area (Å²) < 4.78 is 0. The molecule has 1 unspecified atom stereocenters. The van der Waals surface area contributed by atoms with E-state index in [-0.39, 0.29) is 12.1 Å². The Morgan fingerprint density at radius 3 is 2.65 bits per heavy atom. The average Bonchev–Trinajstić information content (AvgIpc) is 2.39. The second-order valence-corrected chi connectivity index (χ2v) is 5.85. The van der Waals surface area contributed by atoms with E-state index >= 15 is 0 Å². The molecule has 1 aromatic rings. The Morgan fingerprint density at radius 1 is 1.30 bits per heavy atom. The molecular formula is C16H27N3O. The Balaban J connectivity index is 2.30. The van der Waals surface area contributed by atoms with Gasteiger partial charge in [-0.25, -0.2) is 4.79 Å². The molecule has 4 heteroatoms. The van der Waals surface area contributed by atoms with Crippen LogP contribution in [0.5, 0.6) is 0 Å². The highest BCUT2D eigenvalue weighted by Gasteiger charge is 2.12. The van der Waals surface area contributed by atoms with Crippen LogP contribution in [0.3, 0.4) is 0 Å². The molecule has 1 aromatic heterocycles. The SMILES string of the molecule is CC(C)CCCC(C)NC(=O)N(C)Cc1ccccn1. The number of aromatic nitrogens is 1. The van der Waals surface area contributed by atoms with Crippen molar-refractivity contribution < 1.29 is 4.79 Å². The number of hydrogen-bond donors (Lipinski definition) is 1. The molecule has 2 amide bonds. The minimum atomic E-state index is -0.0345. The second kappa shape index (κ2) is 8.56. The van der Waals surface area contributed by atoms with E-state index < -0.39 is 0 Å². The zero-order valence-electron chi connectivity index (χ0n) is 13.1. The number of amides is 2. The molecule has 0 aromatic carbocycles. The Bertz CT molecular complexity index is 392. The number of rotatable bonds is 7. The summed E-state index contributed by atoms with van der Waals surface area (Å²) >= 11 is 0. The molecule has 0 aliphatic rings. The van der Waals surface area contributed by atoms with Gasteiger partial charge in [-0.2, -0.15) is 0 Å². The van der Waals surface area contributed by atoms with Gasteiger partial charge in [-0.15, -0.1) is 0 Å². The van der Waals surface area contributed by atoms with Gasteiger partial charge < -0.3 is 10.2 Å². The minimum Gasteiger partial charge on any atom is -0.336 e. The summed E-state index contributed by atoms with van der Waals surface area (Å²) in [7, 11) is 1.80. The van der Waals surface area contributed by atoms with Crippen LogP contribution in [0.15, 0.2) is 24.4 Å². The van der Waals surface area contributed by atoms with E-state index in [0.717, 1.165) is 24.5 Å². The zero-order chi connectivity index (χ0) is 15.0. The zero-order valence-corrected chi connectivity index (χ0v) is 13.1. The fraction of sp³-hybridized carbons (Fsp3) is 0.625. The topological polar surface area (TPSA) is 45.2 Å². The molecule has 0 aliphatic heterocycles. The molecule has 1 rings (SSSR count). The van der Waals surface area contributed by atoms with Crippen LogP contribution in [0.1, 0.15) is 45.7 Å². The molecule has 0 aliphatic carbocycles. The van der Waals surface area contributed by atoms with Crippen molar-refractivity contribution >= 4 is 6.03 Å². The molecule has 1 atom stereocenters. The van der Waals surface area contributed by atoms with Gasteiger partial charge >= 0.3 is 6.03 Å². The van der Waals surface area contributed by atoms with Gasteiger partial charge in [0.15, 0.2) is 0 Å². The number of carbonyl (C=O) groups excluding carboxylic acids is 1. The first-order chi connectivity index (χ1) is 9.49. The first-order valence-corrected chi connectivity index (χ1v) is 7.40. The van der Waals surface area contributed by atoms with Gasteiger partial charge in [0.2, 0.25) is 0 Å². The molecule has 20 heavy (non-hydrogen) atoms. The Labute approximate surface area is 122 Å². The summed E-state index contributed by atoms with van der Waals surface area (Å²) in [5.41, 5.74) is 0.901. The standard InChI is InChI=1S/C16H27N3O/c1-13(2)8-7-9-14(3)18-16(20)19(4)12-15-10-5-6-11-17-15/h5-6,10-11,13-14H,7-9,12H2,1-4H3,(H,18,20). The van der Waals surface area contributed by atoms with Gasteiger partial charge in [0.05, 0.1) is 12.2 Å². The lowest BCUT2D eigenvalue weighted by Gasteiger charge is -2.21. The van der Waals surface area contributed by atoms with Crippen LogP contribution < -0.4 is 5.32 Å². The highest BCUT2D eigenvalue weighted by Crippen LogP contribution is 2.08. The maximum absolute atomic E-state index is 12.0. The van der Waals surface area contributed by atoms with Crippen LogP contribution in [0.2, 0.25) is 0 Å². The average molecular weight is 277 g/mol. The summed E-state index contributed by atoms with van der Waals surface area (Å²) in [6.45, 7) is 7.05. The molecule has 0 radical (unpaired) electrons. The van der Waals surface area contributed by atoms with E-state index in [4.69, 9.17) is 0 Å². The molecule has 112 valence electrons. The van der Waals surface area contributed by atoms with Crippen LogP contribution in [-0.2, 0) is 6.54 Å². The number of nitrogens with one attached hydrogen (secondary N) is 1. The van der Waals surface area contributed by atoms with Gasteiger partial charge in [0.1, 0.15) is 0 Å². The smallest absolute Gasteiger partial charge is 0.317 e. The summed E-state index contributed by atoms with van der Waals surface area (Å²) in [5.74, 6) is 0.727. The third kappa shape index (κ3) is 6.55. The number of nitrogens with zero attached hydrogens (tertiary/aromatic N) is 2. The monoisotopic (exact) mass is 277 g/mol. The predicted octanol–water partition coefficient (Wildman–Crippen LogP) is 3.44. The summed E-state index contributed by atoms with van der Waals surface area (Å²) in [6.07, 6.45) is 5.14. The lowest BCUT2D eigenvalue weighted by atomic mass is 10.0. The van der Waals surface area contributed by atoms with Crippen molar-refractivity contribution in [3.8, 4) is 0 Å². The third-order valence-corrected chi connectivity index (χ3v) is 3.26. The first-order valence-electron chi connectivity index (χ1n) is 7.40. The van der Waals surface area contributed by atoms with Gasteiger partial charge in [-0.3, -0.25) is 4.98 Å². The Morgan fingerprint density at radius 2 is 2.05 bits per heavy atom. The molecule has 1 heterocycles. The lowest BCUT2D eigenvalue weighted by Crippen LogP contribution is -2.41. The van der Waals surface area contributed by atoms with Crippen LogP contribution in [0.25, 0.3) is 0 Å². The minimum absolute atomic E-state index is 0.0345. The number of carbonyl (C=O) groups is 1. The number of hydrogen-bond acceptors (Lipinski definition) is 2. The second-order valence-electron chi connectivity index (χ2n) is 5.85. The fourth-order valence-corrected chi connectivity index (χ4v) is 2.03. The number of urea groups is 1. The summed E-state index contributed by atoms with van der Waals surface area (Å²) in [4.78, 5) is 17.9. The molecule has 0 spiro atoms. The van der Waals surface area contributed by atoms with Gasteiger partial charge in [0.25, 0.3) is 0 Å². The third-order valence-electron chi connectivity index (χ3n) is 3.26. The molecule has 1 N–H and O–H groups in total. The van der Waals surface area contributed by atoms with Crippen molar-refractivity contribution in [2.45, 2.75) is 52.6 Å². The van der Waals surface area contributed by atoms with Crippen molar-refractivity contribution in [1.82, 2.24) is 15.2 Å². The van der Waals surface area contributed by atoms with E-state index in [9.17, 15) is 4.79 Å². The Hall–Kier alpha value is -1.58. The van der Waals surface area contributed by atoms with E-state index in [0.29, 0.717) is 6.54 Å². The fourth-order valence-electron chi connectivity index (χ4n) is 2.03. The van der Waals surface area contributed by atoms with Crippen LogP contribution >= 0.6 is 0 Å². The Kier molecular flexibility index (Phi) is 7.05. The molecule has 0 fully saturated rings. The van der Waals surface area contributed by atoms with E-state index in [1.807, 2.05) is 18.2 Å². The van der Waals surface area contributed by atoms with Crippen molar-refractivity contribution in [1.29, 1.82) is 0 Å². The molecule has 0 saturated carbocycles. The highest BCUT2D eigenvalue weighted by atomic mass is 16.2. The molecular weight excluding hydrogens is 250 g/mol. The molecule has 0 saturated heterocycles. The van der Waals surface area contributed by atoms with Crippen molar-refractivity contribution in [2.24, 2.45) is 5.92 Å². The van der Waals surface area contributed by atoms with E-state index in [1.165, 1.54) is 6.42 Å². The van der Waals surface area contributed by atoms with Crippen molar-refractivity contribution in [3.05, 3.63) is 30.1 Å². The van der Waals surface area contributed by atoms with Crippen molar-refractivity contribution in [3.63, 3.8) is 0 Å². The molecule has 4 nitrogen and oxygen atoms in total.